The Bertz CT molecular complexity index is 456. The van der Waals surface area contributed by atoms with Crippen molar-refractivity contribution in [2.45, 2.75) is 68.3 Å². The van der Waals surface area contributed by atoms with Crippen LogP contribution in [0.4, 0.5) is 0 Å². The third-order valence-corrected chi connectivity index (χ3v) is 9.11. The van der Waals surface area contributed by atoms with Crippen LogP contribution in [0.5, 0.6) is 0 Å². The van der Waals surface area contributed by atoms with Crippen molar-refractivity contribution in [2.24, 2.45) is 11.8 Å². The van der Waals surface area contributed by atoms with Crippen LogP contribution < -0.4 is 0 Å². The average molecular weight is 413 g/mol. The molecule has 1 saturated heterocycles. The van der Waals surface area contributed by atoms with Crippen molar-refractivity contribution in [3.8, 4) is 0 Å². The first-order chi connectivity index (χ1) is 13.1. The summed E-state index contributed by atoms with van der Waals surface area (Å²) in [4.78, 5) is 30.0. The molecule has 0 aromatic carbocycles. The van der Waals surface area contributed by atoms with Crippen LogP contribution in [0.3, 0.4) is 0 Å². The molecule has 1 heterocycles. The van der Waals surface area contributed by atoms with E-state index in [1.54, 1.807) is 0 Å². The molecule has 2 amide bonds. The van der Waals surface area contributed by atoms with Gasteiger partial charge in [0.25, 0.3) is 0 Å². The molecule has 0 radical (unpaired) electrons. The van der Waals surface area contributed by atoms with Gasteiger partial charge in [-0.3, -0.25) is 9.59 Å². The minimum Gasteiger partial charge on any atom is -0.341 e. The van der Waals surface area contributed by atoms with Gasteiger partial charge in [0, 0.05) is 48.5 Å². The lowest BCUT2D eigenvalue weighted by atomic mass is 9.87. The van der Waals surface area contributed by atoms with E-state index in [0.717, 1.165) is 68.8 Å². The monoisotopic (exact) mass is 412 g/mol. The largest absolute Gasteiger partial charge is 0.341 e. The van der Waals surface area contributed by atoms with Gasteiger partial charge in [-0.15, -0.1) is 0 Å². The number of carbonyl (C=O) groups excluding carboxylic acids is 2. The molecule has 3 fully saturated rings. The van der Waals surface area contributed by atoms with Crippen LogP contribution in [0.2, 0.25) is 0 Å². The highest BCUT2D eigenvalue weighted by molar-refractivity contribution is 7.99. The molecule has 2 saturated carbocycles. The normalized spacial score (nSPS) is 32.8. The number of thioether (sulfide) groups is 2. The highest BCUT2D eigenvalue weighted by Gasteiger charge is 2.33. The molecule has 0 bridgehead atoms. The Morgan fingerprint density at radius 3 is 1.33 bits per heavy atom. The van der Waals surface area contributed by atoms with E-state index in [0.29, 0.717) is 11.8 Å². The fourth-order valence-electron chi connectivity index (χ4n) is 4.97. The molecule has 3 rings (SSSR count). The summed E-state index contributed by atoms with van der Waals surface area (Å²) in [5, 5.41) is 1.49. The number of carbonyl (C=O) groups is 2. The molecular weight excluding hydrogens is 376 g/mol. The Labute approximate surface area is 173 Å². The second kappa shape index (κ2) is 10.4. The van der Waals surface area contributed by atoms with Gasteiger partial charge in [0.05, 0.1) is 0 Å². The summed E-state index contributed by atoms with van der Waals surface area (Å²) in [6, 6.07) is 0. The molecule has 27 heavy (non-hydrogen) atoms. The quantitative estimate of drug-likeness (QED) is 0.702. The van der Waals surface area contributed by atoms with E-state index in [4.69, 9.17) is 0 Å². The number of hydrogen-bond acceptors (Lipinski definition) is 4. The van der Waals surface area contributed by atoms with E-state index in [1.807, 2.05) is 23.5 Å². The second-order valence-corrected chi connectivity index (χ2v) is 10.7. The van der Waals surface area contributed by atoms with Crippen LogP contribution in [0.25, 0.3) is 0 Å². The van der Waals surface area contributed by atoms with Gasteiger partial charge in [0.15, 0.2) is 0 Å². The standard InChI is InChI=1S/C21H36N2O2S2/c1-26-18-8-4-16(5-9-18)20(24)22-12-3-13-23(15-14-22)21(25)17-6-10-19(27-2)11-7-17/h16-19H,3-15H2,1-2H3. The molecule has 1 aliphatic heterocycles. The zero-order chi connectivity index (χ0) is 19.2. The van der Waals surface area contributed by atoms with Gasteiger partial charge >= 0.3 is 0 Å². The fourth-order valence-corrected chi connectivity index (χ4v) is 6.45. The van der Waals surface area contributed by atoms with Crippen molar-refractivity contribution in [3.05, 3.63) is 0 Å². The van der Waals surface area contributed by atoms with E-state index in [2.05, 4.69) is 22.3 Å². The first-order valence-corrected chi connectivity index (χ1v) is 13.3. The molecule has 3 aliphatic rings. The fraction of sp³-hybridized carbons (Fsp3) is 0.905. The summed E-state index contributed by atoms with van der Waals surface area (Å²) in [6.07, 6.45) is 14.2. The summed E-state index contributed by atoms with van der Waals surface area (Å²) in [5.41, 5.74) is 0. The zero-order valence-corrected chi connectivity index (χ0v) is 18.7. The number of amides is 2. The van der Waals surface area contributed by atoms with Gasteiger partial charge in [-0.1, -0.05) is 0 Å². The molecule has 0 unspecified atom stereocenters. The maximum atomic E-state index is 13.0. The first kappa shape index (κ1) is 21.4. The lowest BCUT2D eigenvalue weighted by Gasteiger charge is -2.32. The summed E-state index contributed by atoms with van der Waals surface area (Å²) in [6.45, 7) is 3.11. The molecule has 0 atom stereocenters. The van der Waals surface area contributed by atoms with Crippen LogP contribution in [0.1, 0.15) is 57.8 Å². The first-order valence-electron chi connectivity index (χ1n) is 10.8. The Balaban J connectivity index is 1.47. The van der Waals surface area contributed by atoms with Gasteiger partial charge < -0.3 is 9.80 Å². The number of nitrogens with zero attached hydrogens (tertiary/aromatic N) is 2. The van der Waals surface area contributed by atoms with Gasteiger partial charge in [-0.05, 0) is 70.3 Å². The molecule has 0 aromatic rings. The molecule has 0 aromatic heterocycles. The van der Waals surface area contributed by atoms with Crippen molar-refractivity contribution in [2.75, 3.05) is 38.7 Å². The van der Waals surface area contributed by atoms with Crippen molar-refractivity contribution in [3.63, 3.8) is 0 Å². The van der Waals surface area contributed by atoms with E-state index in [1.165, 1.54) is 25.7 Å². The molecule has 6 heteroatoms. The Kier molecular flexibility index (Phi) is 8.24. The third kappa shape index (κ3) is 5.59. The van der Waals surface area contributed by atoms with Crippen molar-refractivity contribution in [1.29, 1.82) is 0 Å². The van der Waals surface area contributed by atoms with E-state index < -0.39 is 0 Å². The SMILES string of the molecule is CSC1CCC(C(=O)N2CCCN(C(=O)C3CCC(SC)CC3)CC2)CC1. The minimum atomic E-state index is 0.220. The van der Waals surface area contributed by atoms with Crippen molar-refractivity contribution in [1.82, 2.24) is 9.80 Å². The average Bonchev–Trinajstić information content (AvgIpc) is 2.99. The Hall–Kier alpha value is -0.360. The van der Waals surface area contributed by atoms with Gasteiger partial charge in [0.1, 0.15) is 0 Å². The lowest BCUT2D eigenvalue weighted by Crippen LogP contribution is -2.42. The summed E-state index contributed by atoms with van der Waals surface area (Å²) < 4.78 is 0. The summed E-state index contributed by atoms with van der Waals surface area (Å²) in [5.74, 6) is 1.14. The number of rotatable bonds is 4. The molecular formula is C21H36N2O2S2. The topological polar surface area (TPSA) is 40.6 Å². The van der Waals surface area contributed by atoms with E-state index >= 15 is 0 Å². The van der Waals surface area contributed by atoms with Crippen molar-refractivity contribution < 1.29 is 9.59 Å². The van der Waals surface area contributed by atoms with Crippen LogP contribution in [0.15, 0.2) is 0 Å². The predicted octanol–water partition coefficient (Wildman–Crippen LogP) is 3.89. The van der Waals surface area contributed by atoms with Crippen LogP contribution in [-0.2, 0) is 9.59 Å². The summed E-state index contributed by atoms with van der Waals surface area (Å²) >= 11 is 3.89. The van der Waals surface area contributed by atoms with Gasteiger partial charge in [-0.25, -0.2) is 0 Å². The minimum absolute atomic E-state index is 0.220. The van der Waals surface area contributed by atoms with Gasteiger partial charge in [-0.2, -0.15) is 23.5 Å². The zero-order valence-electron chi connectivity index (χ0n) is 17.0. The lowest BCUT2D eigenvalue weighted by molar-refractivity contribution is -0.138. The van der Waals surface area contributed by atoms with E-state index in [9.17, 15) is 9.59 Å². The molecule has 0 N–H and O–H groups in total. The molecule has 4 nitrogen and oxygen atoms in total. The highest BCUT2D eigenvalue weighted by Crippen LogP contribution is 2.33. The van der Waals surface area contributed by atoms with Crippen LogP contribution in [-0.4, -0.2) is 70.8 Å². The Morgan fingerprint density at radius 1 is 0.630 bits per heavy atom. The van der Waals surface area contributed by atoms with Crippen LogP contribution >= 0.6 is 23.5 Å². The highest BCUT2D eigenvalue weighted by atomic mass is 32.2. The summed E-state index contributed by atoms with van der Waals surface area (Å²) in [7, 11) is 0. The maximum Gasteiger partial charge on any atom is 0.225 e. The Morgan fingerprint density at radius 2 is 1.00 bits per heavy atom. The second-order valence-electron chi connectivity index (χ2n) is 8.42. The molecule has 154 valence electrons. The molecule has 0 spiro atoms. The number of hydrogen-bond donors (Lipinski definition) is 0. The maximum absolute atomic E-state index is 13.0. The predicted molar refractivity (Wildman–Crippen MR) is 116 cm³/mol. The molecule has 2 aliphatic carbocycles. The van der Waals surface area contributed by atoms with Crippen LogP contribution in [0, 0.1) is 11.8 Å². The third-order valence-electron chi connectivity index (χ3n) is 6.83. The van der Waals surface area contributed by atoms with Crippen molar-refractivity contribution >= 4 is 35.3 Å². The van der Waals surface area contributed by atoms with E-state index in [-0.39, 0.29) is 11.8 Å². The smallest absolute Gasteiger partial charge is 0.225 e. The van der Waals surface area contributed by atoms with Gasteiger partial charge in [0.2, 0.25) is 11.8 Å².